The first-order valence-corrected chi connectivity index (χ1v) is 6.23. The summed E-state index contributed by atoms with van der Waals surface area (Å²) in [4.78, 5) is 0. The third-order valence-corrected chi connectivity index (χ3v) is 3.17. The molecule has 0 aliphatic carbocycles. The van der Waals surface area contributed by atoms with E-state index in [4.69, 9.17) is 19.5 Å². The average molecular weight is 250 g/mol. The Hall–Kier alpha value is -1.04. The summed E-state index contributed by atoms with van der Waals surface area (Å²) >= 11 is 0. The van der Waals surface area contributed by atoms with Crippen molar-refractivity contribution in [2.45, 2.75) is 38.4 Å². The molecule has 0 aromatic heterocycles. The predicted octanol–water partition coefficient (Wildman–Crippen LogP) is 0.703. The van der Waals surface area contributed by atoms with Crippen LogP contribution in [0.25, 0.3) is 0 Å². The van der Waals surface area contributed by atoms with Crippen LogP contribution in [0.1, 0.15) is 26.7 Å². The van der Waals surface area contributed by atoms with Crippen LogP contribution in [-0.2, 0) is 4.74 Å². The molecule has 98 valence electrons. The van der Waals surface area contributed by atoms with Crippen LogP contribution in [0, 0.1) is 0 Å². The molecule has 1 saturated heterocycles. The Bertz CT molecular complexity index is 388. The van der Waals surface area contributed by atoms with Crippen LogP contribution in [0.5, 0.6) is 5.75 Å². The van der Waals surface area contributed by atoms with Crippen LogP contribution in [0.15, 0.2) is 24.3 Å². The zero-order valence-electron chi connectivity index (χ0n) is 10.8. The lowest BCUT2D eigenvalue weighted by atomic mass is 9.80. The van der Waals surface area contributed by atoms with E-state index in [9.17, 15) is 0 Å². The Balaban J connectivity index is 1.84. The van der Waals surface area contributed by atoms with E-state index >= 15 is 0 Å². The molecule has 1 aliphatic rings. The van der Waals surface area contributed by atoms with E-state index in [-0.39, 0.29) is 11.7 Å². The van der Waals surface area contributed by atoms with Crippen molar-refractivity contribution >= 4 is 12.6 Å². The SMILES string of the molecule is CC1(C)CCC(COc2ccc(B(O)O)cc2)O1. The number of rotatable bonds is 4. The van der Waals surface area contributed by atoms with Gasteiger partial charge in [-0.1, -0.05) is 12.1 Å². The topological polar surface area (TPSA) is 58.9 Å². The second-order valence-electron chi connectivity index (χ2n) is 5.29. The molecule has 1 fully saturated rings. The largest absolute Gasteiger partial charge is 0.491 e. The van der Waals surface area contributed by atoms with E-state index in [1.807, 2.05) is 0 Å². The molecule has 1 aromatic carbocycles. The Kier molecular flexibility index (Phi) is 3.95. The molecule has 0 spiro atoms. The van der Waals surface area contributed by atoms with E-state index in [0.717, 1.165) is 12.8 Å². The van der Waals surface area contributed by atoms with Crippen molar-refractivity contribution in [3.63, 3.8) is 0 Å². The Morgan fingerprint density at radius 2 is 2.00 bits per heavy atom. The molecule has 4 nitrogen and oxygen atoms in total. The van der Waals surface area contributed by atoms with Gasteiger partial charge in [0.05, 0.1) is 11.7 Å². The maximum atomic E-state index is 8.97. The lowest BCUT2D eigenvalue weighted by Gasteiger charge is -2.19. The minimum Gasteiger partial charge on any atom is -0.491 e. The second kappa shape index (κ2) is 5.30. The van der Waals surface area contributed by atoms with Gasteiger partial charge in [0.1, 0.15) is 12.4 Å². The summed E-state index contributed by atoms with van der Waals surface area (Å²) in [6.07, 6.45) is 2.21. The van der Waals surface area contributed by atoms with Gasteiger partial charge in [-0.25, -0.2) is 0 Å². The Labute approximate surface area is 108 Å². The van der Waals surface area contributed by atoms with Crippen molar-refractivity contribution in [2.24, 2.45) is 0 Å². The van der Waals surface area contributed by atoms with Gasteiger partial charge in [-0.05, 0) is 44.3 Å². The molecule has 2 N–H and O–H groups in total. The van der Waals surface area contributed by atoms with E-state index in [1.54, 1.807) is 24.3 Å². The third-order valence-electron chi connectivity index (χ3n) is 3.17. The van der Waals surface area contributed by atoms with Gasteiger partial charge in [0.25, 0.3) is 0 Å². The molecule has 2 rings (SSSR count). The fraction of sp³-hybridized carbons (Fsp3) is 0.538. The van der Waals surface area contributed by atoms with Gasteiger partial charge in [0.15, 0.2) is 0 Å². The van der Waals surface area contributed by atoms with Crippen molar-refractivity contribution in [2.75, 3.05) is 6.61 Å². The van der Waals surface area contributed by atoms with Gasteiger partial charge in [0, 0.05) is 0 Å². The van der Waals surface area contributed by atoms with Crippen LogP contribution >= 0.6 is 0 Å². The molecular formula is C13H19BO4. The highest BCUT2D eigenvalue weighted by molar-refractivity contribution is 6.58. The van der Waals surface area contributed by atoms with Crippen LogP contribution in [-0.4, -0.2) is 35.5 Å². The predicted molar refractivity (Wildman–Crippen MR) is 69.9 cm³/mol. The zero-order valence-corrected chi connectivity index (χ0v) is 10.8. The summed E-state index contributed by atoms with van der Waals surface area (Å²) in [6, 6.07) is 6.74. The summed E-state index contributed by atoms with van der Waals surface area (Å²) in [6.45, 7) is 4.71. The molecule has 1 atom stereocenters. The lowest BCUT2D eigenvalue weighted by Crippen LogP contribution is -2.29. The first kappa shape index (κ1) is 13.4. The van der Waals surface area contributed by atoms with Gasteiger partial charge in [0.2, 0.25) is 0 Å². The maximum absolute atomic E-state index is 8.97. The van der Waals surface area contributed by atoms with Crippen LogP contribution in [0.3, 0.4) is 0 Å². The van der Waals surface area contributed by atoms with Gasteiger partial charge in [-0.15, -0.1) is 0 Å². The van der Waals surface area contributed by atoms with Crippen molar-refractivity contribution < 1.29 is 19.5 Å². The molecule has 18 heavy (non-hydrogen) atoms. The standard InChI is InChI=1S/C13H19BO4/c1-13(2)8-7-12(18-13)9-17-11-5-3-10(4-6-11)14(15)16/h3-6,12,15-16H,7-9H2,1-2H3. The molecule has 0 amide bonds. The average Bonchev–Trinajstić information content (AvgIpc) is 2.67. The van der Waals surface area contributed by atoms with Crippen molar-refractivity contribution in [1.82, 2.24) is 0 Å². The summed E-state index contributed by atoms with van der Waals surface area (Å²) in [5.41, 5.74) is 0.416. The highest BCUT2D eigenvalue weighted by Crippen LogP contribution is 2.29. The molecule has 1 heterocycles. The zero-order chi connectivity index (χ0) is 13.2. The first-order chi connectivity index (χ1) is 8.46. The first-order valence-electron chi connectivity index (χ1n) is 6.23. The number of benzene rings is 1. The number of hydrogen-bond acceptors (Lipinski definition) is 4. The third kappa shape index (κ3) is 3.48. The molecule has 5 heteroatoms. The Morgan fingerprint density at radius 1 is 1.33 bits per heavy atom. The minimum atomic E-state index is -1.43. The number of ether oxygens (including phenoxy) is 2. The molecule has 0 radical (unpaired) electrons. The van der Waals surface area contributed by atoms with Crippen molar-refractivity contribution in [3.05, 3.63) is 24.3 Å². The summed E-state index contributed by atoms with van der Waals surface area (Å²) in [5.74, 6) is 0.715. The molecule has 1 unspecified atom stereocenters. The number of hydrogen-bond donors (Lipinski definition) is 2. The van der Waals surface area contributed by atoms with Crippen molar-refractivity contribution in [1.29, 1.82) is 0 Å². The van der Waals surface area contributed by atoms with Gasteiger partial charge >= 0.3 is 7.12 Å². The fourth-order valence-electron chi connectivity index (χ4n) is 2.12. The summed E-state index contributed by atoms with van der Waals surface area (Å²) in [7, 11) is -1.43. The van der Waals surface area contributed by atoms with Crippen LogP contribution in [0.2, 0.25) is 0 Å². The van der Waals surface area contributed by atoms with Gasteiger partial charge < -0.3 is 19.5 Å². The van der Waals surface area contributed by atoms with Gasteiger partial charge in [-0.3, -0.25) is 0 Å². The fourth-order valence-corrected chi connectivity index (χ4v) is 2.12. The highest BCUT2D eigenvalue weighted by atomic mass is 16.6. The van der Waals surface area contributed by atoms with Crippen molar-refractivity contribution in [3.8, 4) is 5.75 Å². The lowest BCUT2D eigenvalue weighted by molar-refractivity contribution is -0.0326. The molecule has 1 aliphatic heterocycles. The smallest absolute Gasteiger partial charge is 0.488 e. The van der Waals surface area contributed by atoms with Gasteiger partial charge in [-0.2, -0.15) is 0 Å². The van der Waals surface area contributed by atoms with E-state index < -0.39 is 7.12 Å². The molecule has 0 bridgehead atoms. The van der Waals surface area contributed by atoms with E-state index in [1.165, 1.54) is 0 Å². The molecule has 0 saturated carbocycles. The maximum Gasteiger partial charge on any atom is 0.488 e. The Morgan fingerprint density at radius 3 is 2.50 bits per heavy atom. The monoisotopic (exact) mass is 250 g/mol. The van der Waals surface area contributed by atoms with E-state index in [2.05, 4.69) is 13.8 Å². The second-order valence-corrected chi connectivity index (χ2v) is 5.29. The van der Waals surface area contributed by atoms with Crippen LogP contribution in [0.4, 0.5) is 0 Å². The molecule has 1 aromatic rings. The quantitative estimate of drug-likeness (QED) is 0.772. The molecular weight excluding hydrogens is 231 g/mol. The van der Waals surface area contributed by atoms with E-state index in [0.29, 0.717) is 17.8 Å². The summed E-state index contributed by atoms with van der Waals surface area (Å²) in [5, 5.41) is 17.9. The highest BCUT2D eigenvalue weighted by Gasteiger charge is 2.31. The normalized spacial score (nSPS) is 21.9. The van der Waals surface area contributed by atoms with Crippen LogP contribution < -0.4 is 10.2 Å². The summed E-state index contributed by atoms with van der Waals surface area (Å²) < 4.78 is 11.5. The minimum absolute atomic E-state index is 0.0428.